The van der Waals surface area contributed by atoms with Crippen LogP contribution in [0, 0.1) is 49.4 Å². The van der Waals surface area contributed by atoms with E-state index in [1.807, 2.05) is 64.1 Å². The maximum Gasteiger partial charge on any atom is 0.340 e. The zero-order chi connectivity index (χ0) is 64.9. The summed E-state index contributed by atoms with van der Waals surface area (Å²) < 4.78 is 16.1. The first-order chi connectivity index (χ1) is 42.5. The number of carbonyl (C=O) groups excluding carboxylic acids is 9. The summed E-state index contributed by atoms with van der Waals surface area (Å²) in [6.07, 6.45) is 10.1. The molecule has 6 aromatic rings. The van der Waals surface area contributed by atoms with Crippen molar-refractivity contribution in [2.75, 3.05) is 26.7 Å². The van der Waals surface area contributed by atoms with Gasteiger partial charge >= 0.3 is 11.9 Å². The van der Waals surface area contributed by atoms with E-state index in [-0.39, 0.29) is 101 Å². The van der Waals surface area contributed by atoms with Gasteiger partial charge in [0, 0.05) is 83.6 Å². The van der Waals surface area contributed by atoms with Crippen molar-refractivity contribution in [2.45, 2.75) is 144 Å². The highest BCUT2D eigenvalue weighted by atomic mass is 35.5. The normalized spacial score (nSPS) is 16.2. The number of halogens is 1. The zero-order valence-electron chi connectivity index (χ0n) is 52.0. The van der Waals surface area contributed by atoms with E-state index in [1.54, 1.807) is 70.8 Å². The molecule has 2 fully saturated rings. The summed E-state index contributed by atoms with van der Waals surface area (Å²) in [6, 6.07) is 18.9. The van der Waals surface area contributed by atoms with Crippen molar-refractivity contribution < 1.29 is 67.3 Å². The molecular formula is C68H83ClN6O14. The number of aryl methyl sites for hydroxylation is 2. The number of aromatic carboxylic acids is 1. The lowest BCUT2D eigenvalue weighted by molar-refractivity contribution is -0.133. The summed E-state index contributed by atoms with van der Waals surface area (Å²) >= 11 is 5.82. The molecule has 2 aromatic carbocycles. The molecule has 20 nitrogen and oxygen atoms in total. The van der Waals surface area contributed by atoms with E-state index < -0.39 is 54.2 Å². The third-order valence-corrected chi connectivity index (χ3v) is 16.4. The minimum Gasteiger partial charge on any atom is -0.496 e. The van der Waals surface area contributed by atoms with Crippen molar-refractivity contribution >= 4 is 91.9 Å². The van der Waals surface area contributed by atoms with Gasteiger partial charge in [0.2, 0.25) is 11.8 Å². The number of ether oxygens (including phenoxy) is 3. The molecule has 0 unspecified atom stereocenters. The predicted molar refractivity (Wildman–Crippen MR) is 336 cm³/mol. The molecule has 0 saturated heterocycles. The number of hydrogen-bond donors (Lipinski definition) is 5. The van der Waals surface area contributed by atoms with Gasteiger partial charge in [-0.1, -0.05) is 52.7 Å². The first kappa shape index (κ1) is 69.7. The lowest BCUT2D eigenvalue weighted by Crippen LogP contribution is -2.47. The highest BCUT2D eigenvalue weighted by molar-refractivity contribution is 6.28. The molecule has 4 aromatic heterocycles. The Morgan fingerprint density at radius 1 is 0.618 bits per heavy atom. The monoisotopic (exact) mass is 1240 g/mol. The Hall–Kier alpha value is -8.39. The predicted octanol–water partition coefficient (Wildman–Crippen LogP) is 11.1. The number of nitrogens with zero attached hydrogens (tertiary/aromatic N) is 2. The van der Waals surface area contributed by atoms with Crippen molar-refractivity contribution in [3.8, 4) is 11.5 Å². The average Bonchev–Trinajstić information content (AvgIpc) is 3.12. The van der Waals surface area contributed by atoms with Crippen LogP contribution in [0.3, 0.4) is 0 Å². The highest BCUT2D eigenvalue weighted by Crippen LogP contribution is 2.32. The molecule has 2 aliphatic carbocycles. The number of rotatable bonds is 27. The molecule has 476 valence electrons. The number of ketones is 6. The molecule has 2 amide bonds. The number of aromatic nitrogens is 4. The Kier molecular flexibility index (Phi) is 26.5. The zero-order valence-corrected chi connectivity index (χ0v) is 52.8. The van der Waals surface area contributed by atoms with E-state index in [0.29, 0.717) is 66.4 Å². The topological polar surface area (TPSA) is 300 Å². The lowest BCUT2D eigenvalue weighted by Gasteiger charge is -2.27. The molecule has 2 saturated carbocycles. The second-order valence-electron chi connectivity index (χ2n) is 23.7. The minimum atomic E-state index is -1.04. The number of aromatic amines is 2. The van der Waals surface area contributed by atoms with Crippen molar-refractivity contribution in [3.05, 3.63) is 119 Å². The van der Waals surface area contributed by atoms with Gasteiger partial charge in [-0.2, -0.15) is 0 Å². The number of carboxylic acid groups (broad SMARTS) is 1. The maximum absolute atomic E-state index is 13.7. The number of methoxy groups -OCH3 is 2. The second-order valence-corrected chi connectivity index (χ2v) is 24.0. The van der Waals surface area contributed by atoms with Crippen LogP contribution in [0.5, 0.6) is 11.5 Å². The Labute approximate surface area is 523 Å². The number of benzene rings is 2. The summed E-state index contributed by atoms with van der Waals surface area (Å²) in [6.45, 7) is 10.7. The van der Waals surface area contributed by atoms with Crippen LogP contribution in [0.1, 0.15) is 171 Å². The van der Waals surface area contributed by atoms with E-state index in [1.165, 1.54) is 6.07 Å². The van der Waals surface area contributed by atoms with Crippen LogP contribution in [0.15, 0.2) is 85.2 Å². The van der Waals surface area contributed by atoms with E-state index in [0.717, 1.165) is 53.9 Å². The molecule has 0 aliphatic heterocycles. The van der Waals surface area contributed by atoms with E-state index in [9.17, 15) is 47.9 Å². The number of fused-ring (bicyclic) bond motifs is 2. The Balaban J connectivity index is 0.000000249. The third-order valence-electron chi connectivity index (χ3n) is 16.2. The van der Waals surface area contributed by atoms with Gasteiger partial charge in [0.15, 0.2) is 29.7 Å². The number of carboxylic acids is 1. The second kappa shape index (κ2) is 33.8. The number of alkyl halides is 1. The quantitative estimate of drug-likeness (QED) is 0.0182. The van der Waals surface area contributed by atoms with Crippen LogP contribution in [-0.4, -0.2) is 122 Å². The Morgan fingerprint density at radius 2 is 1.06 bits per heavy atom. The fraction of sp³-hybridized carbons (Fsp3) is 0.471. The maximum atomic E-state index is 13.7. The van der Waals surface area contributed by atoms with Crippen molar-refractivity contribution in [1.29, 1.82) is 0 Å². The van der Waals surface area contributed by atoms with Crippen LogP contribution >= 0.6 is 11.6 Å². The molecule has 5 N–H and O–H groups in total. The average molecular weight is 1240 g/mol. The number of carbonyl (C=O) groups is 10. The van der Waals surface area contributed by atoms with Crippen molar-refractivity contribution in [3.63, 3.8) is 0 Å². The van der Waals surface area contributed by atoms with Gasteiger partial charge in [-0.15, -0.1) is 11.6 Å². The standard InChI is InChI=1S/C34H41N3O7.C27H35ClN2O5.C7H7NO2/c1-20(2)15-23(17-30(39)28-18-25-26(36-28)11-7-13-32(25)43-4)33(41)37-27(16-22-9-5-6-12-29(22)38)31(40)19-44-34(42)24-10-8-14-35-21(24)3;1-16(2)11-18(13-24(32)22-14-19-20(29-22)8-6-10-26(19)35-3)27(34)30-21(25(33)15-28)12-17-7-4-5-9-23(17)31;1-5-6(7(9)10)3-2-4-8-5/h7-8,10-11,13-14,18,20,22-23,27,36H,5-6,9,12,15-17,19H2,1-4H3,(H,37,41);6,8,10,14,16-18,21,29H,4-5,7,9,11-13,15H2,1-3H3,(H,30,34);2-4H,1H3,(H,9,10)/t22-,23+,27-;17-,18+,21-;/m00./s1. The molecule has 89 heavy (non-hydrogen) atoms. The molecular weight excluding hydrogens is 1160 g/mol. The molecule has 0 radical (unpaired) electrons. The molecule has 2 aliphatic rings. The van der Waals surface area contributed by atoms with Crippen LogP contribution in [0.25, 0.3) is 21.8 Å². The largest absolute Gasteiger partial charge is 0.496 e. The number of Topliss-reactive ketones (excluding diaryl/α,β-unsaturated/α-hetero) is 6. The number of esters is 1. The lowest BCUT2D eigenvalue weighted by atomic mass is 9.82. The molecule has 0 spiro atoms. The SMILES string of the molecule is COc1cccc2[nH]c(C(=O)C[C@@H](CC(C)C)C(=O)N[C@@H](C[C@@H]3CCCCC3=O)C(=O)CCl)cc12.COc1cccc2[nH]c(C(=O)C[C@@H](CC(C)C)C(=O)N[C@@H](C[C@@H]3CCCCC3=O)C(=O)COC(=O)c3cccnc3C)cc12.Cc1ncccc1C(=O)O. The van der Waals surface area contributed by atoms with E-state index in [4.69, 9.17) is 30.9 Å². The molecule has 6 atom stereocenters. The van der Waals surface area contributed by atoms with E-state index in [2.05, 4.69) is 30.6 Å². The van der Waals surface area contributed by atoms with E-state index >= 15 is 0 Å². The summed E-state index contributed by atoms with van der Waals surface area (Å²) in [5, 5.41) is 15.8. The smallest absolute Gasteiger partial charge is 0.340 e. The van der Waals surface area contributed by atoms with Gasteiger partial charge in [-0.05, 0) is 138 Å². The number of pyridine rings is 2. The van der Waals surface area contributed by atoms with Crippen molar-refractivity contribution in [1.82, 2.24) is 30.6 Å². The first-order valence-electron chi connectivity index (χ1n) is 30.4. The minimum absolute atomic E-state index is 0.00327. The third kappa shape index (κ3) is 20.1. The number of nitrogens with one attached hydrogen (secondary N) is 4. The van der Waals surface area contributed by atoms with Crippen LogP contribution < -0.4 is 20.1 Å². The fourth-order valence-electron chi connectivity index (χ4n) is 11.4. The molecule has 8 rings (SSSR count). The number of H-pyrrole nitrogens is 2. The highest BCUT2D eigenvalue weighted by Gasteiger charge is 2.35. The Bertz CT molecular complexity index is 3500. The van der Waals surface area contributed by atoms with Gasteiger partial charge in [0.1, 0.15) is 23.1 Å². The molecule has 4 heterocycles. The number of hydrogen-bond acceptors (Lipinski definition) is 15. The van der Waals surface area contributed by atoms with Gasteiger partial charge in [-0.25, -0.2) is 9.59 Å². The molecule has 0 bridgehead atoms. The van der Waals surface area contributed by atoms with Gasteiger partial charge in [0.25, 0.3) is 0 Å². The van der Waals surface area contributed by atoms with Crippen molar-refractivity contribution in [2.24, 2.45) is 35.5 Å². The number of amides is 2. The summed E-state index contributed by atoms with van der Waals surface area (Å²) in [4.78, 5) is 142. The van der Waals surface area contributed by atoms with Crippen LogP contribution in [-0.2, 0) is 33.5 Å². The van der Waals surface area contributed by atoms with Gasteiger partial charge in [-0.3, -0.25) is 48.3 Å². The fourth-order valence-corrected chi connectivity index (χ4v) is 11.6. The summed E-state index contributed by atoms with van der Waals surface area (Å²) in [5.41, 5.74) is 3.83. The van der Waals surface area contributed by atoms with Crippen LogP contribution in [0.2, 0.25) is 0 Å². The summed E-state index contributed by atoms with van der Waals surface area (Å²) in [7, 11) is 3.14. The summed E-state index contributed by atoms with van der Waals surface area (Å²) in [5.74, 6) is -4.08. The van der Waals surface area contributed by atoms with Crippen LogP contribution in [0.4, 0.5) is 0 Å². The van der Waals surface area contributed by atoms with Gasteiger partial charge in [0.05, 0.1) is 66.1 Å². The molecule has 21 heteroatoms. The Morgan fingerprint density at radius 3 is 1.44 bits per heavy atom. The first-order valence-corrected chi connectivity index (χ1v) is 30.9. The van der Waals surface area contributed by atoms with Gasteiger partial charge < -0.3 is 39.9 Å².